The summed E-state index contributed by atoms with van der Waals surface area (Å²) in [6, 6.07) is 3.02. The first-order valence-corrected chi connectivity index (χ1v) is 6.63. The van der Waals surface area contributed by atoms with Crippen LogP contribution in [0.4, 0.5) is 29.3 Å². The molecule has 1 aromatic carbocycles. The maximum atomic E-state index is 12.7. The van der Waals surface area contributed by atoms with Crippen molar-refractivity contribution in [2.75, 3.05) is 18.4 Å². The number of nitrogens with one attached hydrogen (secondary N) is 1. The fraction of sp³-hybridized carbons (Fsp3) is 0.462. The minimum atomic E-state index is -4.81. The van der Waals surface area contributed by atoms with Gasteiger partial charge in [-0.2, -0.15) is 13.2 Å². The number of nitro benzene ring substituents is 1. The normalized spacial score (nSPS) is 21.3. The molecule has 1 aliphatic rings. The largest absolute Gasteiger partial charge is 0.419 e. The van der Waals surface area contributed by atoms with Crippen LogP contribution in [0.15, 0.2) is 18.2 Å². The molecule has 1 heterocycles. The Bertz CT molecular complexity index is 650. The predicted molar refractivity (Wildman–Crippen MR) is 74.0 cm³/mol. The third kappa shape index (κ3) is 3.36. The van der Waals surface area contributed by atoms with Gasteiger partial charge in [-0.1, -0.05) is 0 Å². The molecule has 2 N–H and O–H groups in total. The van der Waals surface area contributed by atoms with E-state index in [2.05, 4.69) is 5.32 Å². The van der Waals surface area contributed by atoms with E-state index in [0.717, 1.165) is 4.90 Å². The number of hydrogen-bond acceptors (Lipinski definition) is 4. The van der Waals surface area contributed by atoms with Crippen molar-refractivity contribution in [2.45, 2.75) is 25.1 Å². The number of carbonyl (C=O) groups is 1. The van der Waals surface area contributed by atoms with E-state index in [1.807, 2.05) is 0 Å². The van der Waals surface area contributed by atoms with E-state index in [9.17, 15) is 33.2 Å². The maximum Gasteiger partial charge on any atom is 0.419 e. The van der Waals surface area contributed by atoms with Gasteiger partial charge < -0.3 is 15.3 Å². The second kappa shape index (κ2) is 5.69. The lowest BCUT2D eigenvalue weighted by Gasteiger charge is -2.26. The monoisotopic (exact) mass is 333 g/mol. The van der Waals surface area contributed by atoms with Crippen molar-refractivity contribution in [1.82, 2.24) is 4.90 Å². The molecule has 126 valence electrons. The molecule has 1 aromatic rings. The number of halogens is 3. The van der Waals surface area contributed by atoms with Gasteiger partial charge in [0.25, 0.3) is 5.69 Å². The topological polar surface area (TPSA) is 95.7 Å². The Balaban J connectivity index is 2.06. The third-order valence-corrected chi connectivity index (χ3v) is 3.71. The quantitative estimate of drug-likeness (QED) is 0.642. The van der Waals surface area contributed by atoms with Crippen LogP contribution in [0, 0.1) is 17.0 Å². The molecule has 1 aliphatic heterocycles. The summed E-state index contributed by atoms with van der Waals surface area (Å²) in [5.41, 5.74) is -2.51. The van der Waals surface area contributed by atoms with Crippen LogP contribution in [0.5, 0.6) is 0 Å². The number of alkyl halides is 3. The van der Waals surface area contributed by atoms with Crippen LogP contribution in [-0.2, 0) is 0 Å². The lowest BCUT2D eigenvalue weighted by molar-refractivity contribution is -0.385. The van der Waals surface area contributed by atoms with E-state index in [-0.39, 0.29) is 17.9 Å². The van der Waals surface area contributed by atoms with E-state index in [4.69, 9.17) is 0 Å². The number of aliphatic hydroxyl groups is 1. The number of hydrogen-bond donors (Lipinski definition) is 2. The van der Waals surface area contributed by atoms with Gasteiger partial charge in [0.15, 0.2) is 5.60 Å². The molecule has 0 aromatic heterocycles. The number of aryl methyl sites for hydroxylation is 1. The second-order valence-corrected chi connectivity index (χ2v) is 5.39. The molecule has 0 spiro atoms. The Kier molecular flexibility index (Phi) is 4.20. The minimum absolute atomic E-state index is 0.129. The first-order valence-electron chi connectivity index (χ1n) is 6.63. The Morgan fingerprint density at radius 3 is 2.61 bits per heavy atom. The number of nitro groups is 1. The average molecular weight is 333 g/mol. The molecule has 23 heavy (non-hydrogen) atoms. The van der Waals surface area contributed by atoms with Gasteiger partial charge in [0.1, 0.15) is 0 Å². The Hall–Kier alpha value is -2.36. The number of likely N-dealkylation sites (tertiary alicyclic amines) is 1. The predicted octanol–water partition coefficient (Wildman–Crippen LogP) is 2.43. The Morgan fingerprint density at radius 2 is 2.13 bits per heavy atom. The van der Waals surface area contributed by atoms with Crippen molar-refractivity contribution in [3.63, 3.8) is 0 Å². The third-order valence-electron chi connectivity index (χ3n) is 3.71. The molecule has 2 rings (SSSR count). The molecular formula is C13H14F3N3O4. The number of nitrogens with zero attached hydrogens (tertiary/aromatic N) is 2. The number of β-amino-alcohol motifs (C(OH)–C–C–N with tert-alkyl or cyclic N) is 1. The molecule has 0 aliphatic carbocycles. The molecule has 1 atom stereocenters. The molecule has 1 saturated heterocycles. The van der Waals surface area contributed by atoms with Gasteiger partial charge in [0.05, 0.1) is 11.5 Å². The highest BCUT2D eigenvalue weighted by Gasteiger charge is 2.57. The summed E-state index contributed by atoms with van der Waals surface area (Å²) in [7, 11) is 0. The van der Waals surface area contributed by atoms with Crippen molar-refractivity contribution in [2.24, 2.45) is 0 Å². The standard InChI is InChI=1S/C13H14F3N3O4/c1-8-6-9(2-3-10(8)19(22)23)17-11(20)18-5-4-12(21,7-18)13(14,15)16/h2-3,6,21H,4-5,7H2,1H3,(H,17,20)/t12-/m1/s1. The molecular weight excluding hydrogens is 319 g/mol. The van der Waals surface area contributed by atoms with Crippen LogP contribution in [0.1, 0.15) is 12.0 Å². The van der Waals surface area contributed by atoms with Gasteiger partial charge >= 0.3 is 12.2 Å². The Labute approximate surface area is 128 Å². The summed E-state index contributed by atoms with van der Waals surface area (Å²) in [4.78, 5) is 22.9. The second-order valence-electron chi connectivity index (χ2n) is 5.39. The van der Waals surface area contributed by atoms with Crippen LogP contribution >= 0.6 is 0 Å². The van der Waals surface area contributed by atoms with Crippen molar-refractivity contribution >= 4 is 17.4 Å². The number of amides is 2. The molecule has 10 heteroatoms. The SMILES string of the molecule is Cc1cc(NC(=O)N2CC[C@](O)(C(F)(F)F)C2)ccc1[N+](=O)[O-]. The molecule has 0 radical (unpaired) electrons. The smallest absolute Gasteiger partial charge is 0.379 e. The highest BCUT2D eigenvalue weighted by atomic mass is 19.4. The van der Waals surface area contributed by atoms with Crippen LogP contribution in [-0.4, -0.2) is 45.8 Å². The lowest BCUT2D eigenvalue weighted by atomic mass is 10.0. The number of rotatable bonds is 2. The highest BCUT2D eigenvalue weighted by Crippen LogP contribution is 2.37. The van der Waals surface area contributed by atoms with E-state index >= 15 is 0 Å². The van der Waals surface area contributed by atoms with Crippen LogP contribution < -0.4 is 5.32 Å². The van der Waals surface area contributed by atoms with Crippen molar-refractivity contribution in [3.05, 3.63) is 33.9 Å². The Morgan fingerprint density at radius 1 is 1.48 bits per heavy atom. The maximum absolute atomic E-state index is 12.7. The molecule has 7 nitrogen and oxygen atoms in total. The highest BCUT2D eigenvalue weighted by molar-refractivity contribution is 5.90. The summed E-state index contributed by atoms with van der Waals surface area (Å²) >= 11 is 0. The summed E-state index contributed by atoms with van der Waals surface area (Å²) in [5, 5.41) is 22.6. The van der Waals surface area contributed by atoms with Crippen LogP contribution in [0.2, 0.25) is 0 Å². The molecule has 0 unspecified atom stereocenters. The summed E-state index contributed by atoms with van der Waals surface area (Å²) in [6.45, 7) is 0.383. The number of anilines is 1. The van der Waals surface area contributed by atoms with E-state index < -0.39 is 35.7 Å². The summed E-state index contributed by atoms with van der Waals surface area (Å²) < 4.78 is 38.1. The number of urea groups is 1. The summed E-state index contributed by atoms with van der Waals surface area (Å²) in [6.07, 6.45) is -5.41. The van der Waals surface area contributed by atoms with Crippen LogP contribution in [0.3, 0.4) is 0 Å². The van der Waals surface area contributed by atoms with Gasteiger partial charge in [-0.05, 0) is 19.1 Å². The van der Waals surface area contributed by atoms with Crippen LogP contribution in [0.25, 0.3) is 0 Å². The first-order chi connectivity index (χ1) is 10.5. The number of carbonyl (C=O) groups excluding carboxylic acids is 1. The zero-order valence-electron chi connectivity index (χ0n) is 12.1. The van der Waals surface area contributed by atoms with Gasteiger partial charge in [-0.3, -0.25) is 10.1 Å². The molecule has 0 bridgehead atoms. The van der Waals surface area contributed by atoms with Crippen molar-refractivity contribution < 1.29 is 28.0 Å². The van der Waals surface area contributed by atoms with Gasteiger partial charge in [-0.25, -0.2) is 4.79 Å². The van der Waals surface area contributed by atoms with Gasteiger partial charge in [0, 0.05) is 30.3 Å². The van der Waals surface area contributed by atoms with Gasteiger partial charge in [0.2, 0.25) is 0 Å². The van der Waals surface area contributed by atoms with E-state index in [1.54, 1.807) is 0 Å². The molecule has 1 fully saturated rings. The van der Waals surface area contributed by atoms with Crippen molar-refractivity contribution in [3.8, 4) is 0 Å². The van der Waals surface area contributed by atoms with E-state index in [1.165, 1.54) is 25.1 Å². The molecule has 0 saturated carbocycles. The fourth-order valence-electron chi connectivity index (χ4n) is 2.34. The van der Waals surface area contributed by atoms with E-state index in [0.29, 0.717) is 5.56 Å². The molecule has 2 amide bonds. The van der Waals surface area contributed by atoms with Gasteiger partial charge in [-0.15, -0.1) is 0 Å². The lowest BCUT2D eigenvalue weighted by Crippen LogP contribution is -2.48. The van der Waals surface area contributed by atoms with Crippen molar-refractivity contribution in [1.29, 1.82) is 0 Å². The first kappa shape index (κ1) is 17.0. The average Bonchev–Trinajstić information content (AvgIpc) is 2.82. The minimum Gasteiger partial charge on any atom is -0.379 e. The fourth-order valence-corrected chi connectivity index (χ4v) is 2.34. The summed E-state index contributed by atoms with van der Waals surface area (Å²) in [5.74, 6) is 0. The number of benzene rings is 1. The zero-order valence-corrected chi connectivity index (χ0v) is 12.1. The zero-order chi connectivity index (χ0) is 17.4.